The fraction of sp³-hybridized carbons (Fsp3) is 0.700. The van der Waals surface area contributed by atoms with E-state index in [9.17, 15) is 8.42 Å². The van der Waals surface area contributed by atoms with Gasteiger partial charge in [-0.2, -0.15) is 5.10 Å². The predicted octanol–water partition coefficient (Wildman–Crippen LogP) is 0.637. The van der Waals surface area contributed by atoms with Crippen molar-refractivity contribution in [2.75, 3.05) is 11.5 Å². The van der Waals surface area contributed by atoms with E-state index in [0.29, 0.717) is 5.75 Å². The molecule has 0 amide bonds. The highest BCUT2D eigenvalue weighted by atomic mass is 32.2. The Balaban J connectivity index is 1.95. The van der Waals surface area contributed by atoms with Crippen LogP contribution < -0.4 is 5.32 Å². The smallest absolute Gasteiger partial charge is 0.151 e. The van der Waals surface area contributed by atoms with E-state index in [2.05, 4.69) is 15.5 Å². The van der Waals surface area contributed by atoms with Crippen LogP contribution in [0, 0.1) is 0 Å². The number of aromatic amines is 1. The Morgan fingerprint density at radius 3 is 3.06 bits per heavy atom. The van der Waals surface area contributed by atoms with Crippen LogP contribution in [0.5, 0.6) is 0 Å². The number of hydrogen-bond acceptors (Lipinski definition) is 4. The summed E-state index contributed by atoms with van der Waals surface area (Å²) in [6.45, 7) is 2.02. The second kappa shape index (κ2) is 4.55. The van der Waals surface area contributed by atoms with Gasteiger partial charge in [-0.05, 0) is 19.8 Å². The molecule has 0 saturated carbocycles. The predicted molar refractivity (Wildman–Crippen MR) is 61.8 cm³/mol. The number of nitrogens with zero attached hydrogens (tertiary/aromatic N) is 1. The molecule has 1 aliphatic heterocycles. The van der Waals surface area contributed by atoms with Crippen molar-refractivity contribution < 1.29 is 8.42 Å². The summed E-state index contributed by atoms with van der Waals surface area (Å²) in [5, 5.41) is 9.98. The third-order valence-corrected chi connectivity index (χ3v) is 4.79. The summed E-state index contributed by atoms with van der Waals surface area (Å²) < 4.78 is 22.9. The number of aromatic nitrogens is 2. The van der Waals surface area contributed by atoms with Crippen LogP contribution >= 0.6 is 0 Å². The molecule has 2 atom stereocenters. The van der Waals surface area contributed by atoms with Gasteiger partial charge in [0.05, 0.1) is 17.7 Å². The largest absolute Gasteiger partial charge is 0.306 e. The number of rotatable bonds is 3. The SMILES string of the molecule is CC(NC1CCCS(=O)(=O)C1)c1cn[nH]c1. The molecule has 16 heavy (non-hydrogen) atoms. The minimum atomic E-state index is -2.83. The Bertz CT molecular complexity index is 427. The maximum absolute atomic E-state index is 11.5. The lowest BCUT2D eigenvalue weighted by Crippen LogP contribution is -2.41. The second-order valence-electron chi connectivity index (χ2n) is 4.37. The number of sulfone groups is 1. The first kappa shape index (κ1) is 11.6. The molecule has 0 aromatic carbocycles. The van der Waals surface area contributed by atoms with Gasteiger partial charge in [0, 0.05) is 23.8 Å². The topological polar surface area (TPSA) is 74.8 Å². The monoisotopic (exact) mass is 243 g/mol. The molecule has 2 N–H and O–H groups in total. The van der Waals surface area contributed by atoms with Gasteiger partial charge in [-0.25, -0.2) is 8.42 Å². The normalized spacial score (nSPS) is 26.4. The molecule has 1 aromatic rings. The van der Waals surface area contributed by atoms with E-state index in [4.69, 9.17) is 0 Å². The lowest BCUT2D eigenvalue weighted by atomic mass is 10.1. The molecule has 2 heterocycles. The van der Waals surface area contributed by atoms with Crippen molar-refractivity contribution in [3.63, 3.8) is 0 Å². The fourth-order valence-electron chi connectivity index (χ4n) is 2.10. The van der Waals surface area contributed by atoms with Gasteiger partial charge in [0.2, 0.25) is 0 Å². The maximum Gasteiger partial charge on any atom is 0.151 e. The van der Waals surface area contributed by atoms with Gasteiger partial charge < -0.3 is 5.32 Å². The lowest BCUT2D eigenvalue weighted by Gasteiger charge is -2.26. The van der Waals surface area contributed by atoms with Gasteiger partial charge in [0.25, 0.3) is 0 Å². The summed E-state index contributed by atoms with van der Waals surface area (Å²) >= 11 is 0. The van der Waals surface area contributed by atoms with Crippen LogP contribution in [0.4, 0.5) is 0 Å². The van der Waals surface area contributed by atoms with E-state index in [0.717, 1.165) is 18.4 Å². The molecule has 1 aromatic heterocycles. The lowest BCUT2D eigenvalue weighted by molar-refractivity contribution is 0.437. The molecular weight excluding hydrogens is 226 g/mol. The maximum atomic E-state index is 11.5. The van der Waals surface area contributed by atoms with Crippen molar-refractivity contribution in [3.05, 3.63) is 18.0 Å². The summed E-state index contributed by atoms with van der Waals surface area (Å²) in [6.07, 6.45) is 5.28. The Labute approximate surface area is 95.6 Å². The van der Waals surface area contributed by atoms with E-state index in [-0.39, 0.29) is 17.8 Å². The quantitative estimate of drug-likeness (QED) is 0.817. The molecule has 0 aliphatic carbocycles. The van der Waals surface area contributed by atoms with Crippen molar-refractivity contribution in [1.82, 2.24) is 15.5 Å². The van der Waals surface area contributed by atoms with Gasteiger partial charge in [-0.15, -0.1) is 0 Å². The molecule has 2 rings (SSSR count). The summed E-state index contributed by atoms with van der Waals surface area (Å²) in [5.74, 6) is 0.598. The molecule has 1 fully saturated rings. The summed E-state index contributed by atoms with van der Waals surface area (Å²) in [7, 11) is -2.83. The first-order valence-corrected chi connectivity index (χ1v) is 7.34. The standard InChI is InChI=1S/C10H17N3O2S/c1-8(9-5-11-12-6-9)13-10-3-2-4-16(14,15)7-10/h5-6,8,10,13H,2-4,7H2,1H3,(H,11,12). The van der Waals surface area contributed by atoms with Gasteiger partial charge in [0.1, 0.15) is 0 Å². The molecule has 90 valence electrons. The summed E-state index contributed by atoms with van der Waals surface area (Å²) in [4.78, 5) is 0. The van der Waals surface area contributed by atoms with Crippen LogP contribution in [-0.2, 0) is 9.84 Å². The highest BCUT2D eigenvalue weighted by Gasteiger charge is 2.25. The molecule has 0 radical (unpaired) electrons. The molecule has 0 spiro atoms. The average molecular weight is 243 g/mol. The molecule has 5 nitrogen and oxygen atoms in total. The Kier molecular flexibility index (Phi) is 3.30. The van der Waals surface area contributed by atoms with Crippen LogP contribution in [0.15, 0.2) is 12.4 Å². The van der Waals surface area contributed by atoms with E-state index >= 15 is 0 Å². The Morgan fingerprint density at radius 2 is 2.44 bits per heavy atom. The van der Waals surface area contributed by atoms with Gasteiger partial charge in [-0.3, -0.25) is 5.10 Å². The number of H-pyrrole nitrogens is 1. The van der Waals surface area contributed by atoms with Crippen molar-refractivity contribution in [1.29, 1.82) is 0 Å². The zero-order valence-corrected chi connectivity index (χ0v) is 10.1. The van der Waals surface area contributed by atoms with Crippen LogP contribution in [0.3, 0.4) is 0 Å². The Hall–Kier alpha value is -0.880. The van der Waals surface area contributed by atoms with E-state index < -0.39 is 9.84 Å². The number of nitrogens with one attached hydrogen (secondary N) is 2. The first-order valence-electron chi connectivity index (χ1n) is 5.52. The summed E-state index contributed by atoms with van der Waals surface area (Å²) in [5.41, 5.74) is 1.06. The molecule has 6 heteroatoms. The third kappa shape index (κ3) is 2.82. The molecule has 0 bridgehead atoms. The molecular formula is C10H17N3O2S. The van der Waals surface area contributed by atoms with Gasteiger partial charge in [0.15, 0.2) is 9.84 Å². The average Bonchev–Trinajstić information content (AvgIpc) is 2.68. The Morgan fingerprint density at radius 1 is 1.62 bits per heavy atom. The number of hydrogen-bond donors (Lipinski definition) is 2. The van der Waals surface area contributed by atoms with Crippen LogP contribution in [0.25, 0.3) is 0 Å². The summed E-state index contributed by atoms with van der Waals surface area (Å²) in [6, 6.07) is 0.209. The molecule has 1 aliphatic rings. The minimum absolute atomic E-state index is 0.0728. The zero-order chi connectivity index (χ0) is 11.6. The van der Waals surface area contributed by atoms with E-state index in [1.165, 1.54) is 0 Å². The first-order chi connectivity index (χ1) is 7.57. The zero-order valence-electron chi connectivity index (χ0n) is 9.31. The molecule has 1 saturated heterocycles. The highest BCUT2D eigenvalue weighted by Crippen LogP contribution is 2.17. The van der Waals surface area contributed by atoms with E-state index in [1.54, 1.807) is 6.20 Å². The third-order valence-electron chi connectivity index (χ3n) is 2.97. The molecule has 2 unspecified atom stereocenters. The van der Waals surface area contributed by atoms with Crippen LogP contribution in [0.2, 0.25) is 0 Å². The minimum Gasteiger partial charge on any atom is -0.306 e. The van der Waals surface area contributed by atoms with Crippen LogP contribution in [0.1, 0.15) is 31.4 Å². The van der Waals surface area contributed by atoms with Crippen molar-refractivity contribution >= 4 is 9.84 Å². The van der Waals surface area contributed by atoms with Crippen molar-refractivity contribution in [3.8, 4) is 0 Å². The van der Waals surface area contributed by atoms with Gasteiger partial charge in [-0.1, -0.05) is 0 Å². The van der Waals surface area contributed by atoms with Crippen molar-refractivity contribution in [2.24, 2.45) is 0 Å². The highest BCUT2D eigenvalue weighted by molar-refractivity contribution is 7.91. The van der Waals surface area contributed by atoms with Gasteiger partial charge >= 0.3 is 0 Å². The van der Waals surface area contributed by atoms with Crippen LogP contribution in [-0.4, -0.2) is 36.2 Å². The van der Waals surface area contributed by atoms with E-state index in [1.807, 2.05) is 13.1 Å². The second-order valence-corrected chi connectivity index (χ2v) is 6.60. The van der Waals surface area contributed by atoms with Crippen molar-refractivity contribution in [2.45, 2.75) is 31.8 Å². The fourth-order valence-corrected chi connectivity index (χ4v) is 3.75.